The van der Waals surface area contributed by atoms with E-state index in [1.807, 2.05) is 0 Å². The summed E-state index contributed by atoms with van der Waals surface area (Å²) in [7, 11) is 0. The van der Waals surface area contributed by atoms with Crippen molar-refractivity contribution in [3.63, 3.8) is 0 Å². The van der Waals surface area contributed by atoms with Crippen molar-refractivity contribution in [2.24, 2.45) is 0 Å². The zero-order chi connectivity index (χ0) is 16.1. The van der Waals surface area contributed by atoms with Crippen LogP contribution in [0.2, 0.25) is 0 Å². The summed E-state index contributed by atoms with van der Waals surface area (Å²) in [5.74, 6) is 0. The molecule has 0 nitrogen and oxygen atoms in total. The molecule has 0 aliphatic rings. The quantitative estimate of drug-likeness (QED) is 0.328. The van der Waals surface area contributed by atoms with Gasteiger partial charge in [-0.3, -0.25) is 0 Å². The first-order valence-corrected chi connectivity index (χ1v) is 9.78. The molecule has 0 spiro atoms. The molecule has 126 valence electrons. The van der Waals surface area contributed by atoms with E-state index in [-0.39, 0.29) is 0 Å². The molecular formula is C22H38. The highest BCUT2D eigenvalue weighted by Gasteiger charge is 2.25. The monoisotopic (exact) mass is 302 g/mol. The van der Waals surface area contributed by atoms with Crippen molar-refractivity contribution in [1.29, 1.82) is 0 Å². The molecule has 0 heterocycles. The van der Waals surface area contributed by atoms with E-state index in [1.54, 1.807) is 5.56 Å². The molecule has 0 saturated carbocycles. The van der Waals surface area contributed by atoms with Crippen molar-refractivity contribution in [3.05, 3.63) is 35.9 Å². The summed E-state index contributed by atoms with van der Waals surface area (Å²) in [6.45, 7) is 7.09. The lowest BCUT2D eigenvalue weighted by Gasteiger charge is -2.31. The molecule has 1 aromatic rings. The van der Waals surface area contributed by atoms with E-state index in [2.05, 4.69) is 51.1 Å². The fourth-order valence-electron chi connectivity index (χ4n) is 3.49. The van der Waals surface area contributed by atoms with Crippen LogP contribution < -0.4 is 0 Å². The molecule has 0 N–H and O–H groups in total. The van der Waals surface area contributed by atoms with Gasteiger partial charge in [0.2, 0.25) is 0 Å². The van der Waals surface area contributed by atoms with E-state index < -0.39 is 0 Å². The summed E-state index contributed by atoms with van der Waals surface area (Å²) >= 11 is 0. The van der Waals surface area contributed by atoms with Gasteiger partial charge in [0.1, 0.15) is 0 Å². The maximum atomic E-state index is 2.50. The first kappa shape index (κ1) is 19.3. The topological polar surface area (TPSA) is 0 Å². The summed E-state index contributed by atoms with van der Waals surface area (Å²) < 4.78 is 0. The fraction of sp³-hybridized carbons (Fsp3) is 0.727. The van der Waals surface area contributed by atoms with Crippen LogP contribution in [0.5, 0.6) is 0 Å². The van der Waals surface area contributed by atoms with Crippen molar-refractivity contribution in [1.82, 2.24) is 0 Å². The van der Waals surface area contributed by atoms with E-state index in [9.17, 15) is 0 Å². The number of hydrogen-bond acceptors (Lipinski definition) is 0. The lowest BCUT2D eigenvalue weighted by Crippen LogP contribution is -2.22. The first-order chi connectivity index (χ1) is 10.7. The molecule has 1 atom stereocenters. The minimum absolute atomic E-state index is 0.389. The summed E-state index contributed by atoms with van der Waals surface area (Å²) in [5.41, 5.74) is 1.94. The normalized spacial score (nSPS) is 14.0. The van der Waals surface area contributed by atoms with E-state index in [0.29, 0.717) is 5.41 Å². The second-order valence-corrected chi connectivity index (χ2v) is 7.26. The van der Waals surface area contributed by atoms with Crippen LogP contribution in [-0.2, 0) is 5.41 Å². The van der Waals surface area contributed by atoms with Gasteiger partial charge in [0.25, 0.3) is 0 Å². The van der Waals surface area contributed by atoms with Gasteiger partial charge in [-0.1, -0.05) is 115 Å². The number of unbranched alkanes of at least 4 members (excludes halogenated alkanes) is 8. The highest BCUT2D eigenvalue weighted by Crippen LogP contribution is 2.35. The van der Waals surface area contributed by atoms with Crippen molar-refractivity contribution in [2.45, 2.75) is 103 Å². The molecule has 0 aliphatic carbocycles. The van der Waals surface area contributed by atoms with Gasteiger partial charge in [-0.25, -0.2) is 0 Å². The molecular weight excluding hydrogens is 264 g/mol. The molecule has 0 aliphatic heterocycles. The minimum Gasteiger partial charge on any atom is -0.0654 e. The third kappa shape index (κ3) is 7.47. The standard InChI is InChI=1S/C22H38/c1-4-6-8-10-11-16-20-22(3,19-15-9-7-5-2)21-17-13-12-14-18-21/h12-14,17-18H,4-11,15-16,19-20H2,1-3H3. The molecule has 1 rings (SSSR count). The minimum atomic E-state index is 0.389. The van der Waals surface area contributed by atoms with Gasteiger partial charge in [0, 0.05) is 0 Å². The van der Waals surface area contributed by atoms with Gasteiger partial charge < -0.3 is 0 Å². The van der Waals surface area contributed by atoms with Crippen LogP contribution in [0, 0.1) is 0 Å². The first-order valence-electron chi connectivity index (χ1n) is 9.78. The van der Waals surface area contributed by atoms with E-state index in [1.165, 1.54) is 77.0 Å². The molecule has 0 amide bonds. The molecule has 0 aromatic heterocycles. The molecule has 22 heavy (non-hydrogen) atoms. The molecule has 0 fully saturated rings. The molecule has 1 unspecified atom stereocenters. The van der Waals surface area contributed by atoms with E-state index in [4.69, 9.17) is 0 Å². The summed E-state index contributed by atoms with van der Waals surface area (Å²) in [4.78, 5) is 0. The molecule has 0 saturated heterocycles. The molecule has 0 heteroatoms. The smallest absolute Gasteiger partial charge is 0.00753 e. The second-order valence-electron chi connectivity index (χ2n) is 7.26. The van der Waals surface area contributed by atoms with Gasteiger partial charge >= 0.3 is 0 Å². The Kier molecular flexibility index (Phi) is 10.3. The Balaban J connectivity index is 2.47. The zero-order valence-corrected chi connectivity index (χ0v) is 15.4. The highest BCUT2D eigenvalue weighted by atomic mass is 14.3. The number of benzene rings is 1. The fourth-order valence-corrected chi connectivity index (χ4v) is 3.49. The van der Waals surface area contributed by atoms with Crippen molar-refractivity contribution in [2.75, 3.05) is 0 Å². The Morgan fingerprint density at radius 2 is 1.09 bits per heavy atom. The molecule has 0 bridgehead atoms. The zero-order valence-electron chi connectivity index (χ0n) is 15.4. The Hall–Kier alpha value is -0.780. The number of hydrogen-bond donors (Lipinski definition) is 0. The van der Waals surface area contributed by atoms with Gasteiger partial charge in [0.05, 0.1) is 0 Å². The van der Waals surface area contributed by atoms with Crippen LogP contribution in [0.4, 0.5) is 0 Å². The van der Waals surface area contributed by atoms with Gasteiger partial charge in [0.15, 0.2) is 0 Å². The average Bonchev–Trinajstić information content (AvgIpc) is 2.56. The Bertz CT molecular complexity index is 354. The van der Waals surface area contributed by atoms with Crippen molar-refractivity contribution >= 4 is 0 Å². The summed E-state index contributed by atoms with van der Waals surface area (Å²) in [5, 5.41) is 0. The van der Waals surface area contributed by atoms with Crippen LogP contribution in [0.3, 0.4) is 0 Å². The molecule has 0 radical (unpaired) electrons. The third-order valence-electron chi connectivity index (χ3n) is 5.13. The van der Waals surface area contributed by atoms with Crippen molar-refractivity contribution < 1.29 is 0 Å². The van der Waals surface area contributed by atoms with Crippen molar-refractivity contribution in [3.8, 4) is 0 Å². The second kappa shape index (κ2) is 11.7. The van der Waals surface area contributed by atoms with Crippen LogP contribution in [0.1, 0.15) is 103 Å². The van der Waals surface area contributed by atoms with Gasteiger partial charge in [-0.15, -0.1) is 0 Å². The lowest BCUT2D eigenvalue weighted by molar-refractivity contribution is 0.363. The lowest BCUT2D eigenvalue weighted by atomic mass is 9.74. The maximum absolute atomic E-state index is 2.50. The van der Waals surface area contributed by atoms with E-state index in [0.717, 1.165) is 0 Å². The van der Waals surface area contributed by atoms with Gasteiger partial charge in [-0.05, 0) is 23.8 Å². The van der Waals surface area contributed by atoms with Crippen LogP contribution in [0.25, 0.3) is 0 Å². The largest absolute Gasteiger partial charge is 0.0654 e. The predicted molar refractivity (Wildman–Crippen MR) is 101 cm³/mol. The van der Waals surface area contributed by atoms with Crippen LogP contribution in [-0.4, -0.2) is 0 Å². The third-order valence-corrected chi connectivity index (χ3v) is 5.13. The van der Waals surface area contributed by atoms with Crippen LogP contribution >= 0.6 is 0 Å². The van der Waals surface area contributed by atoms with E-state index >= 15 is 0 Å². The Labute approximate surface area is 139 Å². The summed E-state index contributed by atoms with van der Waals surface area (Å²) in [6.07, 6.45) is 16.6. The summed E-state index contributed by atoms with van der Waals surface area (Å²) in [6, 6.07) is 11.3. The Morgan fingerprint density at radius 3 is 1.64 bits per heavy atom. The average molecular weight is 303 g/mol. The highest BCUT2D eigenvalue weighted by molar-refractivity contribution is 5.24. The van der Waals surface area contributed by atoms with Crippen LogP contribution in [0.15, 0.2) is 30.3 Å². The number of rotatable bonds is 13. The molecule has 1 aromatic carbocycles. The SMILES string of the molecule is CCCCCCCCC(C)(CCCCCC)c1ccccc1. The predicted octanol–water partition coefficient (Wildman–Crippen LogP) is 7.67. The maximum Gasteiger partial charge on any atom is -0.00753 e. The van der Waals surface area contributed by atoms with Gasteiger partial charge in [-0.2, -0.15) is 0 Å². The Morgan fingerprint density at radius 1 is 0.636 bits per heavy atom.